The molecule has 0 aliphatic carbocycles. The molecule has 2 fully saturated rings. The summed E-state index contributed by atoms with van der Waals surface area (Å²) < 4.78 is 1.74. The van der Waals surface area contributed by atoms with Crippen LogP contribution in [-0.4, -0.2) is 59.4 Å². The second-order valence-electron chi connectivity index (χ2n) is 10.7. The fourth-order valence-corrected chi connectivity index (χ4v) is 6.01. The van der Waals surface area contributed by atoms with Crippen LogP contribution >= 0.6 is 31.9 Å². The Kier molecular flexibility index (Phi) is 11.3. The van der Waals surface area contributed by atoms with E-state index >= 15 is 0 Å². The Bertz CT molecular complexity index is 1210. The maximum Gasteiger partial charge on any atom is 0.229 e. The van der Waals surface area contributed by atoms with Crippen LogP contribution in [0.2, 0.25) is 0 Å². The van der Waals surface area contributed by atoms with E-state index in [-0.39, 0.29) is 36.2 Å². The summed E-state index contributed by atoms with van der Waals surface area (Å²) in [6.07, 6.45) is 9.17. The second kappa shape index (κ2) is 14.9. The Morgan fingerprint density at radius 2 is 1.18 bits per heavy atom. The molecule has 0 bridgehead atoms. The number of ketones is 2. The van der Waals surface area contributed by atoms with Crippen molar-refractivity contribution in [3.8, 4) is 0 Å². The van der Waals surface area contributed by atoms with E-state index in [4.69, 9.17) is 0 Å². The van der Waals surface area contributed by atoms with Crippen molar-refractivity contribution in [2.24, 2.45) is 11.8 Å². The predicted octanol–water partition coefficient (Wildman–Crippen LogP) is 6.87. The average Bonchev–Trinajstić information content (AvgIpc) is 2.98. The van der Waals surface area contributed by atoms with Crippen molar-refractivity contribution in [2.45, 2.75) is 51.4 Å². The summed E-state index contributed by atoms with van der Waals surface area (Å²) in [6.45, 7) is 2.71. The monoisotopic (exact) mass is 670 g/mol. The van der Waals surface area contributed by atoms with E-state index in [1.165, 1.54) is 6.08 Å². The van der Waals surface area contributed by atoms with E-state index in [2.05, 4.69) is 31.9 Å². The Morgan fingerprint density at radius 1 is 0.675 bits per heavy atom. The largest absolute Gasteiger partial charge is 0.343 e. The van der Waals surface area contributed by atoms with Crippen molar-refractivity contribution in [1.82, 2.24) is 9.80 Å². The summed E-state index contributed by atoms with van der Waals surface area (Å²) in [4.78, 5) is 57.6. The molecule has 2 unspecified atom stereocenters. The Balaban J connectivity index is 1.64. The summed E-state index contributed by atoms with van der Waals surface area (Å²) in [5.41, 5.74) is 1.05. The quantitative estimate of drug-likeness (QED) is 0.204. The molecule has 4 rings (SSSR count). The standard InChI is InChI=1S/C32H36Br2N2O4/c33-26-11-7-23(8-12-26)29(37)16-15-28(32(40)36-19-5-2-6-20-36)25(22-31(39)35-17-3-1-4-18-35)21-30(38)24-9-13-27(34)14-10-24/h7-16,25,28H,1-6,17-22H2/b16-15-. The number of benzene rings is 2. The molecule has 0 spiro atoms. The smallest absolute Gasteiger partial charge is 0.229 e. The number of carbonyl (C=O) groups excluding carboxylic acids is 4. The molecule has 2 aliphatic rings. The fraction of sp³-hybridized carbons (Fsp3) is 0.438. The molecular formula is C32H36Br2N2O4. The average molecular weight is 672 g/mol. The van der Waals surface area contributed by atoms with Crippen LogP contribution in [0, 0.1) is 11.8 Å². The summed E-state index contributed by atoms with van der Waals surface area (Å²) in [5, 5.41) is 0. The lowest BCUT2D eigenvalue weighted by molar-refractivity contribution is -0.138. The predicted molar refractivity (Wildman–Crippen MR) is 163 cm³/mol. The molecule has 212 valence electrons. The summed E-state index contributed by atoms with van der Waals surface area (Å²) in [5.74, 6) is -1.80. The molecule has 0 saturated carbocycles. The number of likely N-dealkylation sites (tertiary alicyclic amines) is 2. The molecule has 2 amide bonds. The third-order valence-electron chi connectivity index (χ3n) is 7.80. The van der Waals surface area contributed by atoms with Gasteiger partial charge >= 0.3 is 0 Å². The van der Waals surface area contributed by atoms with Gasteiger partial charge in [-0.25, -0.2) is 0 Å². The SMILES string of the molecule is O=C(/C=C\C(C(=O)N1CCCCC1)C(CC(=O)c1ccc(Br)cc1)CC(=O)N1CCCCC1)c1ccc(Br)cc1. The Hall–Kier alpha value is -2.58. The highest BCUT2D eigenvalue weighted by atomic mass is 79.9. The van der Waals surface area contributed by atoms with Crippen LogP contribution in [0.4, 0.5) is 0 Å². The van der Waals surface area contributed by atoms with Gasteiger partial charge in [0, 0.05) is 59.1 Å². The van der Waals surface area contributed by atoms with Crippen LogP contribution in [0.1, 0.15) is 72.1 Å². The molecule has 8 heteroatoms. The van der Waals surface area contributed by atoms with Gasteiger partial charge in [-0.15, -0.1) is 0 Å². The molecule has 6 nitrogen and oxygen atoms in total. The van der Waals surface area contributed by atoms with Crippen LogP contribution < -0.4 is 0 Å². The first-order valence-electron chi connectivity index (χ1n) is 14.2. The Labute approximate surface area is 253 Å². The molecule has 0 aromatic heterocycles. The maximum absolute atomic E-state index is 14.0. The van der Waals surface area contributed by atoms with Crippen LogP contribution in [0.25, 0.3) is 0 Å². The van der Waals surface area contributed by atoms with Crippen molar-refractivity contribution in [1.29, 1.82) is 0 Å². The highest BCUT2D eigenvalue weighted by Gasteiger charge is 2.35. The molecule has 40 heavy (non-hydrogen) atoms. The van der Waals surface area contributed by atoms with Crippen molar-refractivity contribution < 1.29 is 19.2 Å². The van der Waals surface area contributed by atoms with E-state index < -0.39 is 11.8 Å². The highest BCUT2D eigenvalue weighted by molar-refractivity contribution is 9.10. The molecule has 0 N–H and O–H groups in total. The number of carbonyl (C=O) groups is 4. The molecule has 2 aliphatic heterocycles. The zero-order valence-electron chi connectivity index (χ0n) is 22.7. The summed E-state index contributed by atoms with van der Waals surface area (Å²) in [6, 6.07) is 14.2. The lowest BCUT2D eigenvalue weighted by Gasteiger charge is -2.34. The van der Waals surface area contributed by atoms with E-state index in [1.54, 1.807) is 42.5 Å². The summed E-state index contributed by atoms with van der Waals surface area (Å²) >= 11 is 6.80. The van der Waals surface area contributed by atoms with Crippen LogP contribution in [0.5, 0.6) is 0 Å². The minimum absolute atomic E-state index is 0.0302. The Morgan fingerprint density at radius 3 is 1.73 bits per heavy atom. The third kappa shape index (κ3) is 8.46. The number of Topliss-reactive ketones (excluding diaryl/α,β-unsaturated/α-hetero) is 1. The van der Waals surface area contributed by atoms with Crippen molar-refractivity contribution in [3.63, 3.8) is 0 Å². The first kappa shape index (κ1) is 30.4. The van der Waals surface area contributed by atoms with E-state index in [0.29, 0.717) is 37.3 Å². The normalized spacial score (nSPS) is 17.4. The number of hydrogen-bond donors (Lipinski definition) is 0. The minimum atomic E-state index is -0.759. The molecule has 2 heterocycles. The second-order valence-corrected chi connectivity index (χ2v) is 12.5. The van der Waals surface area contributed by atoms with Gasteiger partial charge in [0.15, 0.2) is 11.6 Å². The van der Waals surface area contributed by atoms with Gasteiger partial charge in [-0.3, -0.25) is 19.2 Å². The number of allylic oxidation sites excluding steroid dienone is 1. The van der Waals surface area contributed by atoms with Crippen LogP contribution in [0.3, 0.4) is 0 Å². The number of halogens is 2. The lowest BCUT2D eigenvalue weighted by Crippen LogP contribution is -2.43. The third-order valence-corrected chi connectivity index (χ3v) is 8.86. The van der Waals surface area contributed by atoms with Gasteiger partial charge in [0.2, 0.25) is 11.8 Å². The van der Waals surface area contributed by atoms with Gasteiger partial charge in [0.25, 0.3) is 0 Å². The number of hydrogen-bond acceptors (Lipinski definition) is 4. The first-order valence-corrected chi connectivity index (χ1v) is 15.7. The topological polar surface area (TPSA) is 74.8 Å². The number of nitrogens with zero attached hydrogens (tertiary/aromatic N) is 2. The molecular weight excluding hydrogens is 636 g/mol. The van der Waals surface area contributed by atoms with Crippen molar-refractivity contribution >= 4 is 55.2 Å². The van der Waals surface area contributed by atoms with E-state index in [1.807, 2.05) is 21.9 Å². The molecule has 2 aromatic rings. The molecule has 2 aromatic carbocycles. The van der Waals surface area contributed by atoms with Gasteiger partial charge < -0.3 is 9.80 Å². The van der Waals surface area contributed by atoms with Crippen molar-refractivity contribution in [2.75, 3.05) is 26.2 Å². The van der Waals surface area contributed by atoms with Crippen LogP contribution in [-0.2, 0) is 9.59 Å². The first-order chi connectivity index (χ1) is 19.3. The van der Waals surface area contributed by atoms with Gasteiger partial charge in [-0.1, -0.05) is 50.1 Å². The lowest BCUT2D eigenvalue weighted by atomic mass is 9.81. The van der Waals surface area contributed by atoms with E-state index in [0.717, 1.165) is 47.5 Å². The van der Waals surface area contributed by atoms with Crippen LogP contribution in [0.15, 0.2) is 69.6 Å². The number of amides is 2. The van der Waals surface area contributed by atoms with Gasteiger partial charge in [0.05, 0.1) is 5.92 Å². The minimum Gasteiger partial charge on any atom is -0.343 e. The fourth-order valence-electron chi connectivity index (χ4n) is 5.48. The maximum atomic E-state index is 14.0. The molecule has 2 atom stereocenters. The van der Waals surface area contributed by atoms with Gasteiger partial charge in [-0.05, 0) is 86.9 Å². The summed E-state index contributed by atoms with van der Waals surface area (Å²) in [7, 11) is 0. The highest BCUT2D eigenvalue weighted by Crippen LogP contribution is 2.29. The molecule has 0 radical (unpaired) electrons. The number of rotatable bonds is 10. The van der Waals surface area contributed by atoms with Gasteiger partial charge in [-0.2, -0.15) is 0 Å². The zero-order valence-corrected chi connectivity index (χ0v) is 25.9. The molecule has 2 saturated heterocycles. The van der Waals surface area contributed by atoms with Gasteiger partial charge in [0.1, 0.15) is 0 Å². The zero-order chi connectivity index (χ0) is 28.5. The van der Waals surface area contributed by atoms with Crippen molar-refractivity contribution in [3.05, 3.63) is 80.8 Å². The van der Waals surface area contributed by atoms with E-state index in [9.17, 15) is 19.2 Å². The number of piperidine rings is 2.